The first-order valence-corrected chi connectivity index (χ1v) is 7.87. The van der Waals surface area contributed by atoms with Crippen LogP contribution in [0.25, 0.3) is 0 Å². The summed E-state index contributed by atoms with van der Waals surface area (Å²) in [6.07, 6.45) is -0.825. The predicted octanol–water partition coefficient (Wildman–Crippen LogP) is 3.35. The van der Waals surface area contributed by atoms with Crippen molar-refractivity contribution in [2.24, 2.45) is 0 Å². The van der Waals surface area contributed by atoms with Crippen molar-refractivity contribution in [1.29, 1.82) is 0 Å². The summed E-state index contributed by atoms with van der Waals surface area (Å²) in [6.45, 7) is 2.03. The number of hydrogen-bond donors (Lipinski definition) is 2. The molecule has 0 saturated carbocycles. The van der Waals surface area contributed by atoms with Crippen LogP contribution >= 0.6 is 11.6 Å². The molecule has 0 saturated heterocycles. The molecule has 2 unspecified atom stereocenters. The molecule has 0 heterocycles. The fourth-order valence-electron chi connectivity index (χ4n) is 2.10. The van der Waals surface area contributed by atoms with Gasteiger partial charge in [0, 0.05) is 6.54 Å². The SMILES string of the molecule is CC(Oc1ccccc1Cl)C(=O)NCCC(O)c1ccccc1. The summed E-state index contributed by atoms with van der Waals surface area (Å²) in [4.78, 5) is 12.0. The summed E-state index contributed by atoms with van der Waals surface area (Å²) in [5.74, 6) is 0.228. The first-order valence-electron chi connectivity index (χ1n) is 7.50. The van der Waals surface area contributed by atoms with Gasteiger partial charge in [0.2, 0.25) is 0 Å². The number of nitrogens with one attached hydrogen (secondary N) is 1. The van der Waals surface area contributed by atoms with Crippen molar-refractivity contribution in [2.75, 3.05) is 6.54 Å². The molecule has 0 aliphatic rings. The van der Waals surface area contributed by atoms with Crippen molar-refractivity contribution in [2.45, 2.75) is 25.6 Å². The topological polar surface area (TPSA) is 58.6 Å². The largest absolute Gasteiger partial charge is 0.479 e. The Morgan fingerprint density at radius 3 is 2.52 bits per heavy atom. The minimum atomic E-state index is -0.663. The van der Waals surface area contributed by atoms with E-state index >= 15 is 0 Å². The number of hydrogen-bond acceptors (Lipinski definition) is 3. The molecule has 0 radical (unpaired) electrons. The lowest BCUT2D eigenvalue weighted by molar-refractivity contribution is -0.127. The molecule has 4 nitrogen and oxygen atoms in total. The number of halogens is 1. The van der Waals surface area contributed by atoms with Crippen LogP contribution in [0.2, 0.25) is 5.02 Å². The van der Waals surface area contributed by atoms with E-state index in [0.29, 0.717) is 23.7 Å². The molecule has 0 aliphatic heterocycles. The molecule has 23 heavy (non-hydrogen) atoms. The van der Waals surface area contributed by atoms with Gasteiger partial charge in [-0.15, -0.1) is 0 Å². The Morgan fingerprint density at radius 1 is 1.17 bits per heavy atom. The smallest absolute Gasteiger partial charge is 0.260 e. The molecule has 0 bridgehead atoms. The Hall–Kier alpha value is -2.04. The number of aliphatic hydroxyl groups excluding tert-OH is 1. The third kappa shape index (κ3) is 5.27. The second-order valence-electron chi connectivity index (χ2n) is 5.20. The first kappa shape index (κ1) is 17.3. The first-order chi connectivity index (χ1) is 11.1. The number of carbonyl (C=O) groups is 1. The summed E-state index contributed by atoms with van der Waals surface area (Å²) < 4.78 is 5.54. The van der Waals surface area contributed by atoms with Gasteiger partial charge in [0.15, 0.2) is 6.10 Å². The monoisotopic (exact) mass is 333 g/mol. The van der Waals surface area contributed by atoms with Crippen LogP contribution in [0.4, 0.5) is 0 Å². The van der Waals surface area contributed by atoms with E-state index in [-0.39, 0.29) is 5.91 Å². The Balaban J connectivity index is 1.77. The lowest BCUT2D eigenvalue weighted by Gasteiger charge is -2.16. The summed E-state index contributed by atoms with van der Waals surface area (Å²) in [5, 5.41) is 13.3. The van der Waals surface area contributed by atoms with E-state index in [1.165, 1.54) is 0 Å². The maximum Gasteiger partial charge on any atom is 0.260 e. The Kier molecular flexibility index (Phi) is 6.44. The van der Waals surface area contributed by atoms with Crippen LogP contribution in [0, 0.1) is 0 Å². The molecule has 0 aliphatic carbocycles. The van der Waals surface area contributed by atoms with Crippen molar-refractivity contribution in [1.82, 2.24) is 5.32 Å². The third-order valence-electron chi connectivity index (χ3n) is 3.41. The fourth-order valence-corrected chi connectivity index (χ4v) is 2.28. The maximum atomic E-state index is 12.0. The fraction of sp³-hybridized carbons (Fsp3) is 0.278. The lowest BCUT2D eigenvalue weighted by Crippen LogP contribution is -2.37. The minimum absolute atomic E-state index is 0.245. The maximum absolute atomic E-state index is 12.0. The quantitative estimate of drug-likeness (QED) is 0.817. The molecular weight excluding hydrogens is 314 g/mol. The van der Waals surface area contributed by atoms with Crippen LogP contribution < -0.4 is 10.1 Å². The molecule has 122 valence electrons. The molecule has 0 fully saturated rings. The number of ether oxygens (including phenoxy) is 1. The van der Waals surface area contributed by atoms with Crippen LogP contribution in [0.3, 0.4) is 0 Å². The van der Waals surface area contributed by atoms with Gasteiger partial charge >= 0.3 is 0 Å². The van der Waals surface area contributed by atoms with Crippen LogP contribution in [-0.4, -0.2) is 23.7 Å². The third-order valence-corrected chi connectivity index (χ3v) is 3.72. The van der Waals surface area contributed by atoms with E-state index < -0.39 is 12.2 Å². The van der Waals surface area contributed by atoms with Gasteiger partial charge in [-0.2, -0.15) is 0 Å². The van der Waals surface area contributed by atoms with Gasteiger partial charge in [0.1, 0.15) is 5.75 Å². The molecule has 2 aromatic carbocycles. The predicted molar refractivity (Wildman–Crippen MR) is 90.6 cm³/mol. The zero-order valence-corrected chi connectivity index (χ0v) is 13.7. The lowest BCUT2D eigenvalue weighted by atomic mass is 10.1. The van der Waals surface area contributed by atoms with E-state index in [0.717, 1.165) is 5.56 Å². The van der Waals surface area contributed by atoms with Crippen LogP contribution in [0.1, 0.15) is 25.0 Å². The highest BCUT2D eigenvalue weighted by Gasteiger charge is 2.16. The van der Waals surface area contributed by atoms with E-state index in [1.807, 2.05) is 30.3 Å². The molecule has 2 aromatic rings. The van der Waals surface area contributed by atoms with Crippen molar-refractivity contribution in [3.63, 3.8) is 0 Å². The van der Waals surface area contributed by atoms with Gasteiger partial charge in [-0.05, 0) is 31.0 Å². The number of rotatable bonds is 7. The molecule has 2 atom stereocenters. The molecule has 0 spiro atoms. The number of para-hydroxylation sites is 1. The van der Waals surface area contributed by atoms with Crippen LogP contribution in [0.15, 0.2) is 54.6 Å². The molecule has 1 amide bonds. The molecule has 5 heteroatoms. The highest BCUT2D eigenvalue weighted by Crippen LogP contribution is 2.24. The van der Waals surface area contributed by atoms with Crippen molar-refractivity contribution in [3.05, 3.63) is 65.2 Å². The summed E-state index contributed by atoms with van der Waals surface area (Å²) in [6, 6.07) is 16.4. The number of aliphatic hydroxyl groups is 1. The van der Waals surface area contributed by atoms with Gasteiger partial charge in [-0.1, -0.05) is 54.1 Å². The van der Waals surface area contributed by atoms with Gasteiger partial charge in [0.25, 0.3) is 5.91 Å². The average molecular weight is 334 g/mol. The number of carbonyl (C=O) groups excluding carboxylic acids is 1. The standard InChI is InChI=1S/C18H20ClNO3/c1-13(23-17-10-6-5-9-15(17)19)18(22)20-12-11-16(21)14-7-3-2-4-8-14/h2-10,13,16,21H,11-12H2,1H3,(H,20,22). The van der Waals surface area contributed by atoms with Gasteiger partial charge in [0.05, 0.1) is 11.1 Å². The summed E-state index contributed by atoms with van der Waals surface area (Å²) in [5.41, 5.74) is 0.835. The highest BCUT2D eigenvalue weighted by atomic mass is 35.5. The Morgan fingerprint density at radius 2 is 1.83 bits per heavy atom. The summed E-state index contributed by atoms with van der Waals surface area (Å²) >= 11 is 6.00. The van der Waals surface area contributed by atoms with Crippen molar-refractivity contribution in [3.8, 4) is 5.75 Å². The van der Waals surface area contributed by atoms with E-state index in [2.05, 4.69) is 5.32 Å². The van der Waals surface area contributed by atoms with Gasteiger partial charge in [-0.25, -0.2) is 0 Å². The number of amides is 1. The second kappa shape index (κ2) is 8.56. The highest BCUT2D eigenvalue weighted by molar-refractivity contribution is 6.32. The molecule has 2 N–H and O–H groups in total. The zero-order valence-electron chi connectivity index (χ0n) is 12.9. The molecule has 2 rings (SSSR count). The van der Waals surface area contributed by atoms with Gasteiger partial charge < -0.3 is 15.2 Å². The Labute approximate surface area is 141 Å². The molecular formula is C18H20ClNO3. The van der Waals surface area contributed by atoms with E-state index in [1.54, 1.807) is 31.2 Å². The zero-order chi connectivity index (χ0) is 16.7. The Bertz CT molecular complexity index is 633. The normalized spacial score (nSPS) is 13.2. The average Bonchev–Trinajstić information content (AvgIpc) is 2.57. The molecule has 0 aromatic heterocycles. The second-order valence-corrected chi connectivity index (χ2v) is 5.60. The van der Waals surface area contributed by atoms with Gasteiger partial charge in [-0.3, -0.25) is 4.79 Å². The van der Waals surface area contributed by atoms with Crippen molar-refractivity contribution < 1.29 is 14.6 Å². The minimum Gasteiger partial charge on any atom is -0.479 e. The summed E-state index contributed by atoms with van der Waals surface area (Å²) in [7, 11) is 0. The van der Waals surface area contributed by atoms with Crippen LogP contribution in [-0.2, 0) is 4.79 Å². The van der Waals surface area contributed by atoms with E-state index in [9.17, 15) is 9.90 Å². The van der Waals surface area contributed by atoms with Crippen molar-refractivity contribution >= 4 is 17.5 Å². The number of benzene rings is 2. The van der Waals surface area contributed by atoms with Crippen LogP contribution in [0.5, 0.6) is 5.75 Å². The van der Waals surface area contributed by atoms with E-state index in [4.69, 9.17) is 16.3 Å².